The monoisotopic (exact) mass is 234 g/mol. The number of hydrogen-bond donors (Lipinski definition) is 2. The van der Waals surface area contributed by atoms with E-state index in [1.165, 1.54) is 32.2 Å². The van der Waals surface area contributed by atoms with Crippen LogP contribution in [0.1, 0.15) is 25.7 Å². The van der Waals surface area contributed by atoms with E-state index in [1.807, 2.05) is 6.07 Å². The SMILES string of the molecule is O=c1nccc(N[C@@H]2CCCN(C3CC3)C2)[nH]1. The lowest BCUT2D eigenvalue weighted by molar-refractivity contribution is 0.207. The van der Waals surface area contributed by atoms with Crippen LogP contribution in [0.25, 0.3) is 0 Å². The summed E-state index contributed by atoms with van der Waals surface area (Å²) in [4.78, 5) is 20.0. The fourth-order valence-corrected chi connectivity index (χ4v) is 2.57. The van der Waals surface area contributed by atoms with Gasteiger partial charge in [-0.3, -0.25) is 9.88 Å². The normalized spacial score (nSPS) is 25.8. The summed E-state index contributed by atoms with van der Waals surface area (Å²) in [5.74, 6) is 0.785. The van der Waals surface area contributed by atoms with Gasteiger partial charge in [0.1, 0.15) is 5.82 Å². The van der Waals surface area contributed by atoms with Crippen molar-refractivity contribution in [2.45, 2.75) is 37.8 Å². The third-order valence-corrected chi connectivity index (χ3v) is 3.55. The first-order valence-electron chi connectivity index (χ1n) is 6.37. The summed E-state index contributed by atoms with van der Waals surface area (Å²) in [6.07, 6.45) is 6.68. The van der Waals surface area contributed by atoms with E-state index in [-0.39, 0.29) is 5.69 Å². The quantitative estimate of drug-likeness (QED) is 0.812. The molecule has 1 aromatic heterocycles. The average molecular weight is 234 g/mol. The zero-order valence-corrected chi connectivity index (χ0v) is 9.85. The molecule has 92 valence electrons. The smallest absolute Gasteiger partial charge is 0.346 e. The standard InChI is InChI=1S/C12H18N4O/c17-12-13-6-5-11(15-12)14-9-2-1-7-16(8-9)10-3-4-10/h5-6,9-10H,1-4,7-8H2,(H2,13,14,15,17)/t9-/m1/s1. The Bertz CT molecular complexity index is 440. The molecule has 1 saturated heterocycles. The van der Waals surface area contributed by atoms with E-state index < -0.39 is 0 Å². The first-order chi connectivity index (χ1) is 8.31. The van der Waals surface area contributed by atoms with Gasteiger partial charge >= 0.3 is 5.69 Å². The van der Waals surface area contributed by atoms with E-state index in [1.54, 1.807) is 6.20 Å². The second-order valence-electron chi connectivity index (χ2n) is 5.00. The predicted molar refractivity (Wildman–Crippen MR) is 66.1 cm³/mol. The Balaban J connectivity index is 1.62. The van der Waals surface area contributed by atoms with Crippen LogP contribution in [-0.2, 0) is 0 Å². The zero-order valence-electron chi connectivity index (χ0n) is 9.85. The highest BCUT2D eigenvalue weighted by Crippen LogP contribution is 2.29. The van der Waals surface area contributed by atoms with E-state index >= 15 is 0 Å². The van der Waals surface area contributed by atoms with Gasteiger partial charge in [0.15, 0.2) is 0 Å². The van der Waals surface area contributed by atoms with Crippen molar-refractivity contribution in [3.8, 4) is 0 Å². The molecule has 1 aromatic rings. The molecule has 17 heavy (non-hydrogen) atoms. The molecule has 1 saturated carbocycles. The number of anilines is 1. The maximum Gasteiger partial charge on any atom is 0.346 e. The van der Waals surface area contributed by atoms with E-state index in [4.69, 9.17) is 0 Å². The van der Waals surface area contributed by atoms with Crippen molar-refractivity contribution in [1.29, 1.82) is 0 Å². The second kappa shape index (κ2) is 4.49. The van der Waals surface area contributed by atoms with Crippen molar-refractivity contribution in [3.63, 3.8) is 0 Å². The third-order valence-electron chi connectivity index (χ3n) is 3.55. The van der Waals surface area contributed by atoms with E-state index in [0.29, 0.717) is 6.04 Å². The number of piperidine rings is 1. The van der Waals surface area contributed by atoms with Gasteiger partial charge in [0.05, 0.1) is 0 Å². The molecule has 1 aliphatic carbocycles. The second-order valence-corrected chi connectivity index (χ2v) is 5.00. The number of nitrogens with zero attached hydrogens (tertiary/aromatic N) is 2. The summed E-state index contributed by atoms with van der Waals surface area (Å²) in [5, 5.41) is 3.40. The molecule has 1 aliphatic heterocycles. The van der Waals surface area contributed by atoms with Crippen molar-refractivity contribution in [3.05, 3.63) is 22.7 Å². The number of nitrogens with one attached hydrogen (secondary N) is 2. The maximum absolute atomic E-state index is 11.1. The molecular formula is C12H18N4O. The minimum atomic E-state index is -0.287. The molecule has 3 rings (SSSR count). The van der Waals surface area contributed by atoms with Gasteiger partial charge in [0.25, 0.3) is 0 Å². The lowest BCUT2D eigenvalue weighted by Gasteiger charge is -2.33. The van der Waals surface area contributed by atoms with Crippen molar-refractivity contribution < 1.29 is 0 Å². The summed E-state index contributed by atoms with van der Waals surface area (Å²) < 4.78 is 0. The Morgan fingerprint density at radius 1 is 1.41 bits per heavy atom. The van der Waals surface area contributed by atoms with Crippen molar-refractivity contribution in [1.82, 2.24) is 14.9 Å². The molecule has 2 aliphatic rings. The summed E-state index contributed by atoms with van der Waals surface area (Å²) in [7, 11) is 0. The number of rotatable bonds is 3. The summed E-state index contributed by atoms with van der Waals surface area (Å²) in [5.41, 5.74) is -0.287. The highest BCUT2D eigenvalue weighted by atomic mass is 16.1. The van der Waals surface area contributed by atoms with Crippen LogP contribution >= 0.6 is 0 Å². The predicted octanol–water partition coefficient (Wildman–Crippen LogP) is 0.809. The molecule has 0 radical (unpaired) electrons. The highest BCUT2D eigenvalue weighted by molar-refractivity contribution is 5.33. The van der Waals surface area contributed by atoms with Gasteiger partial charge in [-0.05, 0) is 38.3 Å². The first-order valence-corrected chi connectivity index (χ1v) is 6.37. The van der Waals surface area contributed by atoms with Gasteiger partial charge in [0, 0.05) is 24.8 Å². The fourth-order valence-electron chi connectivity index (χ4n) is 2.57. The average Bonchev–Trinajstić information content (AvgIpc) is 3.13. The molecule has 1 atom stereocenters. The van der Waals surface area contributed by atoms with Crippen LogP contribution in [0.3, 0.4) is 0 Å². The van der Waals surface area contributed by atoms with Gasteiger partial charge in [0.2, 0.25) is 0 Å². The van der Waals surface area contributed by atoms with Crippen LogP contribution in [0.15, 0.2) is 17.1 Å². The van der Waals surface area contributed by atoms with E-state index in [0.717, 1.165) is 18.4 Å². The molecule has 2 heterocycles. The molecule has 0 aromatic carbocycles. The van der Waals surface area contributed by atoms with Crippen LogP contribution in [0.5, 0.6) is 0 Å². The molecule has 5 nitrogen and oxygen atoms in total. The molecule has 0 unspecified atom stereocenters. The van der Waals surface area contributed by atoms with Gasteiger partial charge in [-0.1, -0.05) is 0 Å². The number of likely N-dealkylation sites (tertiary alicyclic amines) is 1. The molecular weight excluding hydrogens is 216 g/mol. The Morgan fingerprint density at radius 2 is 2.29 bits per heavy atom. The van der Waals surface area contributed by atoms with Crippen LogP contribution in [-0.4, -0.2) is 40.0 Å². The maximum atomic E-state index is 11.1. The van der Waals surface area contributed by atoms with Gasteiger partial charge in [-0.2, -0.15) is 0 Å². The lowest BCUT2D eigenvalue weighted by Crippen LogP contribution is -2.43. The molecule has 5 heteroatoms. The van der Waals surface area contributed by atoms with Crippen molar-refractivity contribution >= 4 is 5.82 Å². The molecule has 2 N–H and O–H groups in total. The van der Waals surface area contributed by atoms with Gasteiger partial charge in [-0.15, -0.1) is 0 Å². The molecule has 2 fully saturated rings. The zero-order chi connectivity index (χ0) is 11.7. The number of aromatic nitrogens is 2. The number of H-pyrrole nitrogens is 1. The van der Waals surface area contributed by atoms with Gasteiger partial charge in [-0.25, -0.2) is 9.78 Å². The van der Waals surface area contributed by atoms with Gasteiger partial charge < -0.3 is 5.32 Å². The van der Waals surface area contributed by atoms with Crippen molar-refractivity contribution in [2.75, 3.05) is 18.4 Å². The summed E-state index contributed by atoms with van der Waals surface area (Å²) in [6, 6.07) is 3.09. The highest BCUT2D eigenvalue weighted by Gasteiger charge is 2.32. The lowest BCUT2D eigenvalue weighted by atomic mass is 10.1. The summed E-state index contributed by atoms with van der Waals surface area (Å²) in [6.45, 7) is 2.32. The van der Waals surface area contributed by atoms with Crippen LogP contribution < -0.4 is 11.0 Å². The fraction of sp³-hybridized carbons (Fsp3) is 0.667. The Kier molecular flexibility index (Phi) is 2.84. The molecule has 0 bridgehead atoms. The molecule has 0 spiro atoms. The third kappa shape index (κ3) is 2.66. The Labute approximate surface area is 100 Å². The molecule has 0 amide bonds. The van der Waals surface area contributed by atoms with E-state index in [9.17, 15) is 4.79 Å². The minimum absolute atomic E-state index is 0.287. The topological polar surface area (TPSA) is 61.0 Å². The van der Waals surface area contributed by atoms with Crippen LogP contribution in [0, 0.1) is 0 Å². The van der Waals surface area contributed by atoms with Crippen LogP contribution in [0.2, 0.25) is 0 Å². The van der Waals surface area contributed by atoms with E-state index in [2.05, 4.69) is 20.2 Å². The Morgan fingerprint density at radius 3 is 3.06 bits per heavy atom. The van der Waals surface area contributed by atoms with Crippen molar-refractivity contribution in [2.24, 2.45) is 0 Å². The number of hydrogen-bond acceptors (Lipinski definition) is 4. The van der Waals surface area contributed by atoms with Crippen LogP contribution in [0.4, 0.5) is 5.82 Å². The first kappa shape index (κ1) is 10.8. The largest absolute Gasteiger partial charge is 0.367 e. The number of aromatic amines is 1. The minimum Gasteiger partial charge on any atom is -0.367 e. The summed E-state index contributed by atoms with van der Waals surface area (Å²) >= 11 is 0. The Hall–Kier alpha value is -1.36.